The van der Waals surface area contributed by atoms with Gasteiger partial charge in [0, 0.05) is 10.9 Å². The molecule has 2 aromatic rings. The number of nitrogens with one attached hydrogen (secondary N) is 1. The summed E-state index contributed by atoms with van der Waals surface area (Å²) in [6.07, 6.45) is 4.87. The predicted octanol–water partition coefficient (Wildman–Crippen LogP) is 4.66. The molecule has 0 fully saturated rings. The average molecular weight is 302 g/mol. The van der Waals surface area contributed by atoms with Crippen LogP contribution in [-0.2, 0) is 0 Å². The lowest BCUT2D eigenvalue weighted by Gasteiger charge is -2.15. The van der Waals surface area contributed by atoms with Crippen LogP contribution in [0.15, 0.2) is 47.5 Å². The molecule has 1 aromatic heterocycles. The number of pyridine rings is 1. The molecule has 2 rings (SSSR count). The number of nitrogens with zero attached hydrogens (tertiary/aromatic N) is 1. The van der Waals surface area contributed by atoms with Gasteiger partial charge in [0.05, 0.1) is 11.9 Å². The fourth-order valence-corrected chi connectivity index (χ4v) is 2.72. The third kappa shape index (κ3) is 4.22. The molecule has 112 valence electrons. The molecule has 0 saturated carbocycles. The van der Waals surface area contributed by atoms with Gasteiger partial charge in [0.15, 0.2) is 0 Å². The molecule has 3 nitrogen and oxygen atoms in total. The van der Waals surface area contributed by atoms with Gasteiger partial charge in [0.2, 0.25) is 0 Å². The second-order valence-corrected chi connectivity index (χ2v) is 5.54. The minimum absolute atomic E-state index is 0.308. The number of hydrogen-bond donors (Lipinski definition) is 1. The zero-order chi connectivity index (χ0) is 15.1. The van der Waals surface area contributed by atoms with Crippen LogP contribution in [0.3, 0.4) is 0 Å². The molecule has 0 aliphatic carbocycles. The van der Waals surface area contributed by atoms with Gasteiger partial charge < -0.3 is 10.1 Å². The highest BCUT2D eigenvalue weighted by atomic mass is 32.2. The van der Waals surface area contributed by atoms with Gasteiger partial charge in [-0.2, -0.15) is 0 Å². The Kier molecular flexibility index (Phi) is 6.08. The van der Waals surface area contributed by atoms with Gasteiger partial charge in [-0.15, -0.1) is 11.8 Å². The number of rotatable bonds is 7. The second kappa shape index (κ2) is 8.05. The van der Waals surface area contributed by atoms with E-state index < -0.39 is 0 Å². The fraction of sp³-hybridized carbons (Fsp3) is 0.353. The van der Waals surface area contributed by atoms with Crippen molar-refractivity contribution in [2.24, 2.45) is 0 Å². The number of para-hydroxylation sites is 1. The molecule has 0 aliphatic rings. The highest BCUT2D eigenvalue weighted by molar-refractivity contribution is 7.98. The van der Waals surface area contributed by atoms with E-state index in [4.69, 9.17) is 4.74 Å². The Bertz CT molecular complexity index is 557. The summed E-state index contributed by atoms with van der Waals surface area (Å²) < 4.78 is 5.92. The van der Waals surface area contributed by atoms with Crippen LogP contribution in [0.2, 0.25) is 0 Å². The molecule has 1 atom stereocenters. The van der Waals surface area contributed by atoms with Crippen LogP contribution in [0.5, 0.6) is 11.5 Å². The van der Waals surface area contributed by atoms with Crippen LogP contribution in [0.25, 0.3) is 0 Å². The fourth-order valence-electron chi connectivity index (χ4n) is 2.19. The highest BCUT2D eigenvalue weighted by Crippen LogP contribution is 2.31. The molecule has 1 aromatic carbocycles. The SMILES string of the molecule is CCNC(CC)c1ccc(Oc2ccccc2SC)cn1. The van der Waals surface area contributed by atoms with E-state index in [-0.39, 0.29) is 0 Å². The molecule has 4 heteroatoms. The summed E-state index contributed by atoms with van der Waals surface area (Å²) in [5.74, 6) is 1.64. The first-order valence-electron chi connectivity index (χ1n) is 7.28. The smallest absolute Gasteiger partial charge is 0.145 e. The van der Waals surface area contributed by atoms with E-state index in [0.29, 0.717) is 6.04 Å². The van der Waals surface area contributed by atoms with Crippen molar-refractivity contribution in [1.82, 2.24) is 10.3 Å². The largest absolute Gasteiger partial charge is 0.455 e. The zero-order valence-electron chi connectivity index (χ0n) is 12.8. The maximum Gasteiger partial charge on any atom is 0.145 e. The van der Waals surface area contributed by atoms with Crippen molar-refractivity contribution in [2.45, 2.75) is 31.2 Å². The van der Waals surface area contributed by atoms with Crippen molar-refractivity contribution in [1.29, 1.82) is 0 Å². The molecular weight excluding hydrogens is 280 g/mol. The van der Waals surface area contributed by atoms with Crippen LogP contribution < -0.4 is 10.1 Å². The standard InChI is InChI=1S/C17H22N2OS/c1-4-14(18-5-2)15-11-10-13(12-19-15)20-16-8-6-7-9-17(16)21-3/h6-12,14,18H,4-5H2,1-3H3. The Hall–Kier alpha value is -1.52. The van der Waals surface area contributed by atoms with Crippen LogP contribution in [-0.4, -0.2) is 17.8 Å². The van der Waals surface area contributed by atoms with Crippen LogP contribution in [0, 0.1) is 0 Å². The molecule has 0 radical (unpaired) electrons. The minimum atomic E-state index is 0.308. The summed E-state index contributed by atoms with van der Waals surface area (Å²) in [5, 5.41) is 3.43. The molecule has 1 unspecified atom stereocenters. The number of hydrogen-bond acceptors (Lipinski definition) is 4. The average Bonchev–Trinajstić information content (AvgIpc) is 2.54. The normalized spacial score (nSPS) is 12.1. The monoisotopic (exact) mass is 302 g/mol. The van der Waals surface area contributed by atoms with Crippen LogP contribution in [0.1, 0.15) is 32.0 Å². The quantitative estimate of drug-likeness (QED) is 0.755. The second-order valence-electron chi connectivity index (χ2n) is 4.69. The Morgan fingerprint density at radius 2 is 2.00 bits per heavy atom. The van der Waals surface area contributed by atoms with Crippen LogP contribution >= 0.6 is 11.8 Å². The Labute approximate surface area is 131 Å². The third-order valence-corrected chi connectivity index (χ3v) is 4.05. The molecule has 0 amide bonds. The molecular formula is C17H22N2OS. The molecule has 0 spiro atoms. The van der Waals surface area contributed by atoms with E-state index >= 15 is 0 Å². The van der Waals surface area contributed by atoms with Gasteiger partial charge in [-0.1, -0.05) is 26.0 Å². The first-order valence-corrected chi connectivity index (χ1v) is 8.51. The van der Waals surface area contributed by atoms with E-state index in [9.17, 15) is 0 Å². The van der Waals surface area contributed by atoms with E-state index in [2.05, 4.69) is 30.2 Å². The van der Waals surface area contributed by atoms with E-state index in [1.54, 1.807) is 18.0 Å². The Balaban J connectivity index is 2.12. The third-order valence-electron chi connectivity index (χ3n) is 3.27. The first kappa shape index (κ1) is 15.9. The van der Waals surface area contributed by atoms with Gasteiger partial charge in [0.25, 0.3) is 0 Å². The molecule has 0 saturated heterocycles. The molecule has 1 N–H and O–H groups in total. The Morgan fingerprint density at radius 3 is 2.62 bits per heavy atom. The molecule has 21 heavy (non-hydrogen) atoms. The minimum Gasteiger partial charge on any atom is -0.455 e. The van der Waals surface area contributed by atoms with Crippen molar-refractivity contribution in [3.05, 3.63) is 48.3 Å². The molecule has 1 heterocycles. The van der Waals surface area contributed by atoms with Crippen molar-refractivity contribution < 1.29 is 4.74 Å². The summed E-state index contributed by atoms with van der Waals surface area (Å²) in [4.78, 5) is 5.65. The summed E-state index contributed by atoms with van der Waals surface area (Å²) >= 11 is 1.68. The van der Waals surface area contributed by atoms with E-state index in [1.165, 1.54) is 0 Å². The van der Waals surface area contributed by atoms with Crippen molar-refractivity contribution >= 4 is 11.8 Å². The summed E-state index contributed by atoms with van der Waals surface area (Å²) in [6.45, 7) is 5.22. The lowest BCUT2D eigenvalue weighted by Crippen LogP contribution is -2.20. The zero-order valence-corrected chi connectivity index (χ0v) is 13.6. The number of benzene rings is 1. The van der Waals surface area contributed by atoms with Gasteiger partial charge in [0.1, 0.15) is 11.5 Å². The summed E-state index contributed by atoms with van der Waals surface area (Å²) in [7, 11) is 0. The summed E-state index contributed by atoms with van der Waals surface area (Å²) in [6, 6.07) is 12.4. The van der Waals surface area contributed by atoms with Crippen molar-refractivity contribution in [2.75, 3.05) is 12.8 Å². The van der Waals surface area contributed by atoms with Crippen LogP contribution in [0.4, 0.5) is 0 Å². The topological polar surface area (TPSA) is 34.1 Å². The maximum atomic E-state index is 5.92. The van der Waals surface area contributed by atoms with Gasteiger partial charge in [-0.05, 0) is 43.5 Å². The highest BCUT2D eigenvalue weighted by Gasteiger charge is 2.09. The van der Waals surface area contributed by atoms with Gasteiger partial charge >= 0.3 is 0 Å². The predicted molar refractivity (Wildman–Crippen MR) is 89.2 cm³/mol. The first-order chi connectivity index (χ1) is 10.3. The molecule has 0 bridgehead atoms. The van der Waals surface area contributed by atoms with E-state index in [1.807, 2.05) is 36.6 Å². The van der Waals surface area contributed by atoms with Gasteiger partial charge in [-0.25, -0.2) is 0 Å². The number of ether oxygens (including phenoxy) is 1. The number of aromatic nitrogens is 1. The maximum absolute atomic E-state index is 5.92. The van der Waals surface area contributed by atoms with Crippen molar-refractivity contribution in [3.8, 4) is 11.5 Å². The van der Waals surface area contributed by atoms with Crippen molar-refractivity contribution in [3.63, 3.8) is 0 Å². The van der Waals surface area contributed by atoms with E-state index in [0.717, 1.165) is 35.1 Å². The molecule has 0 aliphatic heterocycles. The number of thioether (sulfide) groups is 1. The lowest BCUT2D eigenvalue weighted by molar-refractivity contribution is 0.465. The van der Waals surface area contributed by atoms with Gasteiger partial charge in [-0.3, -0.25) is 4.98 Å². The Morgan fingerprint density at radius 1 is 1.19 bits per heavy atom. The lowest BCUT2D eigenvalue weighted by atomic mass is 10.1. The summed E-state index contributed by atoms with van der Waals surface area (Å²) in [5.41, 5.74) is 1.06.